The SMILES string of the molecule is COc1cccc(C2SCCN2C(=O)CCl)c1OC. The van der Waals surface area contributed by atoms with Crippen molar-refractivity contribution < 1.29 is 14.3 Å². The van der Waals surface area contributed by atoms with E-state index in [1.165, 1.54) is 0 Å². The van der Waals surface area contributed by atoms with Crippen molar-refractivity contribution in [1.82, 2.24) is 4.90 Å². The Labute approximate surface area is 122 Å². The molecule has 1 atom stereocenters. The van der Waals surface area contributed by atoms with Gasteiger partial charge in [-0.15, -0.1) is 23.4 Å². The Bertz CT molecular complexity index is 469. The lowest BCUT2D eigenvalue weighted by Gasteiger charge is -2.25. The lowest BCUT2D eigenvalue weighted by molar-refractivity contribution is -0.128. The van der Waals surface area contributed by atoms with Crippen LogP contribution in [0.25, 0.3) is 0 Å². The van der Waals surface area contributed by atoms with Gasteiger partial charge < -0.3 is 14.4 Å². The third kappa shape index (κ3) is 2.77. The Morgan fingerprint density at radius 2 is 2.26 bits per heavy atom. The second-order valence-corrected chi connectivity index (χ2v) is 5.48. The predicted molar refractivity (Wildman–Crippen MR) is 77.2 cm³/mol. The van der Waals surface area contributed by atoms with E-state index in [1.54, 1.807) is 30.9 Å². The second-order valence-electron chi connectivity index (χ2n) is 4.03. The number of benzene rings is 1. The van der Waals surface area contributed by atoms with Gasteiger partial charge in [0.2, 0.25) is 5.91 Å². The molecule has 0 aliphatic carbocycles. The fourth-order valence-electron chi connectivity index (χ4n) is 2.17. The molecule has 1 unspecified atom stereocenters. The Hall–Kier alpha value is -1.07. The fourth-order valence-corrected chi connectivity index (χ4v) is 3.61. The van der Waals surface area contributed by atoms with Gasteiger partial charge in [0.15, 0.2) is 11.5 Å². The van der Waals surface area contributed by atoms with Gasteiger partial charge in [0.25, 0.3) is 0 Å². The van der Waals surface area contributed by atoms with Gasteiger partial charge in [0.05, 0.1) is 14.2 Å². The highest BCUT2D eigenvalue weighted by Crippen LogP contribution is 2.45. The van der Waals surface area contributed by atoms with E-state index in [0.29, 0.717) is 18.0 Å². The lowest BCUT2D eigenvalue weighted by atomic mass is 10.1. The lowest BCUT2D eigenvalue weighted by Crippen LogP contribution is -2.31. The molecule has 19 heavy (non-hydrogen) atoms. The normalized spacial score (nSPS) is 18.5. The zero-order valence-electron chi connectivity index (χ0n) is 10.9. The molecule has 1 fully saturated rings. The largest absolute Gasteiger partial charge is 0.493 e. The summed E-state index contributed by atoms with van der Waals surface area (Å²) in [7, 11) is 3.21. The number of carbonyl (C=O) groups excluding carboxylic acids is 1. The van der Waals surface area contributed by atoms with Crippen molar-refractivity contribution in [1.29, 1.82) is 0 Å². The Morgan fingerprint density at radius 1 is 1.47 bits per heavy atom. The predicted octanol–water partition coefficient (Wildman–Crippen LogP) is 2.52. The first-order valence-corrected chi connectivity index (χ1v) is 7.49. The third-order valence-electron chi connectivity index (χ3n) is 3.03. The van der Waals surface area contributed by atoms with Gasteiger partial charge >= 0.3 is 0 Å². The molecule has 0 spiro atoms. The third-order valence-corrected chi connectivity index (χ3v) is 4.50. The first-order valence-electron chi connectivity index (χ1n) is 5.90. The van der Waals surface area contributed by atoms with Crippen LogP contribution in [0.2, 0.25) is 0 Å². The monoisotopic (exact) mass is 301 g/mol. The summed E-state index contributed by atoms with van der Waals surface area (Å²) in [5.74, 6) is 2.20. The molecule has 0 saturated carbocycles. The molecular formula is C13H16ClNO3S. The van der Waals surface area contributed by atoms with E-state index in [4.69, 9.17) is 21.1 Å². The van der Waals surface area contributed by atoms with Crippen LogP contribution in [0.5, 0.6) is 11.5 Å². The molecule has 1 amide bonds. The second kappa shape index (κ2) is 6.39. The van der Waals surface area contributed by atoms with Crippen LogP contribution in [0.15, 0.2) is 18.2 Å². The van der Waals surface area contributed by atoms with E-state index in [0.717, 1.165) is 11.3 Å². The van der Waals surface area contributed by atoms with Crippen molar-refractivity contribution in [2.45, 2.75) is 5.37 Å². The molecule has 0 radical (unpaired) electrons. The maximum absolute atomic E-state index is 11.9. The molecule has 104 valence electrons. The fraction of sp³-hybridized carbons (Fsp3) is 0.462. The smallest absolute Gasteiger partial charge is 0.238 e. The van der Waals surface area contributed by atoms with Crippen LogP contribution in [-0.4, -0.2) is 43.2 Å². The van der Waals surface area contributed by atoms with Crippen LogP contribution in [0.4, 0.5) is 0 Å². The van der Waals surface area contributed by atoms with Gasteiger partial charge in [-0.25, -0.2) is 0 Å². The van der Waals surface area contributed by atoms with Crippen LogP contribution in [-0.2, 0) is 4.79 Å². The first kappa shape index (κ1) is 14.3. The summed E-state index contributed by atoms with van der Waals surface area (Å²) in [6.45, 7) is 0.710. The molecule has 1 saturated heterocycles. The molecule has 1 aliphatic heterocycles. The van der Waals surface area contributed by atoms with E-state index in [2.05, 4.69) is 0 Å². The zero-order chi connectivity index (χ0) is 13.8. The zero-order valence-corrected chi connectivity index (χ0v) is 12.5. The molecule has 0 aromatic heterocycles. The molecule has 2 rings (SSSR count). The summed E-state index contributed by atoms with van der Waals surface area (Å²) in [5.41, 5.74) is 0.947. The minimum absolute atomic E-state index is 0.00332. The number of methoxy groups -OCH3 is 2. The van der Waals surface area contributed by atoms with Gasteiger partial charge in [-0.05, 0) is 6.07 Å². The van der Waals surface area contributed by atoms with Gasteiger partial charge in [-0.3, -0.25) is 4.79 Å². The quantitative estimate of drug-likeness (QED) is 0.801. The first-order chi connectivity index (χ1) is 9.22. The summed E-state index contributed by atoms with van der Waals surface area (Å²) in [5, 5.41) is -0.0590. The van der Waals surface area contributed by atoms with Gasteiger partial charge in [0.1, 0.15) is 11.3 Å². The van der Waals surface area contributed by atoms with Crippen LogP contribution in [0.1, 0.15) is 10.9 Å². The number of hydrogen-bond acceptors (Lipinski definition) is 4. The number of hydrogen-bond donors (Lipinski definition) is 0. The molecule has 6 heteroatoms. The summed E-state index contributed by atoms with van der Waals surface area (Å²) in [6, 6.07) is 5.70. The van der Waals surface area contributed by atoms with Crippen molar-refractivity contribution in [3.05, 3.63) is 23.8 Å². The molecule has 4 nitrogen and oxygen atoms in total. The molecular weight excluding hydrogens is 286 g/mol. The van der Waals surface area contributed by atoms with Crippen molar-refractivity contribution in [3.8, 4) is 11.5 Å². The molecule has 1 aromatic rings. The maximum Gasteiger partial charge on any atom is 0.238 e. The highest BCUT2D eigenvalue weighted by Gasteiger charge is 2.32. The van der Waals surface area contributed by atoms with Crippen LogP contribution < -0.4 is 9.47 Å². The van der Waals surface area contributed by atoms with Crippen molar-refractivity contribution in [2.24, 2.45) is 0 Å². The van der Waals surface area contributed by atoms with Crippen molar-refractivity contribution in [3.63, 3.8) is 0 Å². The minimum atomic E-state index is -0.0590. The number of para-hydroxylation sites is 1. The molecule has 0 bridgehead atoms. The summed E-state index contributed by atoms with van der Waals surface area (Å²) in [6.07, 6.45) is 0. The number of ether oxygens (including phenoxy) is 2. The van der Waals surface area contributed by atoms with E-state index in [9.17, 15) is 4.79 Å². The van der Waals surface area contributed by atoms with E-state index >= 15 is 0 Å². The van der Waals surface area contributed by atoms with Gasteiger partial charge in [-0.1, -0.05) is 12.1 Å². The number of halogens is 1. The molecule has 1 aromatic carbocycles. The highest BCUT2D eigenvalue weighted by molar-refractivity contribution is 7.99. The van der Waals surface area contributed by atoms with Crippen LogP contribution in [0, 0.1) is 0 Å². The Kier molecular flexibility index (Phi) is 4.82. The van der Waals surface area contributed by atoms with Crippen LogP contribution in [0.3, 0.4) is 0 Å². The number of carbonyl (C=O) groups is 1. The summed E-state index contributed by atoms with van der Waals surface area (Å²) in [4.78, 5) is 13.6. The maximum atomic E-state index is 11.9. The number of nitrogens with zero attached hydrogens (tertiary/aromatic N) is 1. The average molecular weight is 302 g/mol. The summed E-state index contributed by atoms with van der Waals surface area (Å²) >= 11 is 7.37. The highest BCUT2D eigenvalue weighted by atomic mass is 35.5. The average Bonchev–Trinajstić information content (AvgIpc) is 2.94. The number of alkyl halides is 1. The molecule has 0 N–H and O–H groups in total. The topological polar surface area (TPSA) is 38.8 Å². The Morgan fingerprint density at radius 3 is 2.89 bits per heavy atom. The van der Waals surface area contributed by atoms with E-state index in [-0.39, 0.29) is 17.2 Å². The number of thioether (sulfide) groups is 1. The summed E-state index contributed by atoms with van der Waals surface area (Å²) < 4.78 is 10.7. The van der Waals surface area contributed by atoms with Crippen molar-refractivity contribution >= 4 is 29.3 Å². The number of amides is 1. The van der Waals surface area contributed by atoms with Gasteiger partial charge in [-0.2, -0.15) is 0 Å². The standard InChI is InChI=1S/C13H16ClNO3S/c1-17-10-5-3-4-9(12(10)18-2)13-15(6-7-19-13)11(16)8-14/h3-5,13H,6-8H2,1-2H3. The number of rotatable bonds is 4. The van der Waals surface area contributed by atoms with E-state index < -0.39 is 0 Å². The van der Waals surface area contributed by atoms with Crippen molar-refractivity contribution in [2.75, 3.05) is 32.4 Å². The molecule has 1 aliphatic rings. The Balaban J connectivity index is 2.38. The van der Waals surface area contributed by atoms with Gasteiger partial charge in [0, 0.05) is 17.9 Å². The van der Waals surface area contributed by atoms with Crippen LogP contribution >= 0.6 is 23.4 Å². The van der Waals surface area contributed by atoms with E-state index in [1.807, 2.05) is 18.2 Å². The molecule has 1 heterocycles. The minimum Gasteiger partial charge on any atom is -0.493 e.